The first-order valence-corrected chi connectivity index (χ1v) is 9.66. The van der Waals surface area contributed by atoms with Crippen LogP contribution in [0.1, 0.15) is 24.0 Å². The van der Waals surface area contributed by atoms with Crippen LogP contribution in [0, 0.1) is 23.1 Å². The fraction of sp³-hybridized carbons (Fsp3) is 0.278. The lowest BCUT2D eigenvalue weighted by atomic mass is 10.2. The van der Waals surface area contributed by atoms with E-state index in [2.05, 4.69) is 0 Å². The second-order valence-electron chi connectivity index (χ2n) is 6.12. The van der Waals surface area contributed by atoms with Crippen molar-refractivity contribution < 1.29 is 12.8 Å². The summed E-state index contributed by atoms with van der Waals surface area (Å²) in [5.74, 6) is -0.0538. The van der Waals surface area contributed by atoms with Crippen LogP contribution in [0.2, 0.25) is 5.02 Å². The Morgan fingerprint density at radius 3 is 2.48 bits per heavy atom. The molecule has 2 aromatic carbocycles. The molecule has 0 heterocycles. The van der Waals surface area contributed by atoms with Gasteiger partial charge in [0.2, 0.25) is 10.0 Å². The number of rotatable bonds is 6. The molecule has 1 aliphatic carbocycles. The molecule has 0 amide bonds. The molecule has 1 fully saturated rings. The summed E-state index contributed by atoms with van der Waals surface area (Å²) in [6, 6.07) is 11.8. The van der Waals surface area contributed by atoms with Gasteiger partial charge in [-0.1, -0.05) is 23.7 Å². The molecule has 3 rings (SSSR count). The van der Waals surface area contributed by atoms with Crippen LogP contribution in [-0.4, -0.2) is 19.3 Å². The van der Waals surface area contributed by atoms with Gasteiger partial charge in [-0.05, 0) is 54.7 Å². The molecule has 130 valence electrons. The van der Waals surface area contributed by atoms with E-state index in [4.69, 9.17) is 11.6 Å². The highest BCUT2D eigenvalue weighted by Crippen LogP contribution is 2.33. The molecular formula is C18H16ClFN2O2S. The van der Waals surface area contributed by atoms with Crippen molar-refractivity contribution in [3.05, 3.63) is 64.4 Å². The third-order valence-corrected chi connectivity index (χ3v) is 6.20. The Hall–Kier alpha value is -1.94. The summed E-state index contributed by atoms with van der Waals surface area (Å²) in [5, 5.41) is 9.51. The quantitative estimate of drug-likeness (QED) is 0.764. The van der Waals surface area contributed by atoms with E-state index < -0.39 is 10.0 Å². The van der Waals surface area contributed by atoms with Gasteiger partial charge in [0.15, 0.2) is 0 Å². The van der Waals surface area contributed by atoms with Gasteiger partial charge in [-0.15, -0.1) is 0 Å². The van der Waals surface area contributed by atoms with Gasteiger partial charge < -0.3 is 0 Å². The van der Waals surface area contributed by atoms with Crippen molar-refractivity contribution in [2.45, 2.75) is 24.3 Å². The third-order valence-electron chi connectivity index (χ3n) is 4.11. The van der Waals surface area contributed by atoms with Crippen molar-refractivity contribution >= 4 is 21.6 Å². The third kappa shape index (κ3) is 4.18. The van der Waals surface area contributed by atoms with E-state index in [0.717, 1.165) is 12.8 Å². The molecule has 2 aromatic rings. The largest absolute Gasteiger partial charge is 0.244 e. The topological polar surface area (TPSA) is 61.2 Å². The summed E-state index contributed by atoms with van der Waals surface area (Å²) >= 11 is 5.95. The molecule has 0 N–H and O–H groups in total. The van der Waals surface area contributed by atoms with Crippen LogP contribution >= 0.6 is 11.6 Å². The van der Waals surface area contributed by atoms with Crippen molar-refractivity contribution in [2.24, 2.45) is 5.92 Å². The maximum absolute atomic E-state index is 13.1. The lowest BCUT2D eigenvalue weighted by Gasteiger charge is -2.23. The molecule has 0 aliphatic heterocycles. The molecule has 0 radical (unpaired) electrons. The highest BCUT2D eigenvalue weighted by atomic mass is 35.5. The van der Waals surface area contributed by atoms with Crippen LogP contribution in [0.4, 0.5) is 4.39 Å². The van der Waals surface area contributed by atoms with Crippen LogP contribution in [0.3, 0.4) is 0 Å². The molecule has 0 atom stereocenters. The number of sulfonamides is 1. The van der Waals surface area contributed by atoms with E-state index >= 15 is 0 Å². The van der Waals surface area contributed by atoms with Gasteiger partial charge in [0.1, 0.15) is 16.8 Å². The van der Waals surface area contributed by atoms with Crippen LogP contribution in [-0.2, 0) is 16.6 Å². The monoisotopic (exact) mass is 378 g/mol. The van der Waals surface area contributed by atoms with Crippen molar-refractivity contribution in [1.82, 2.24) is 4.31 Å². The van der Waals surface area contributed by atoms with Crippen molar-refractivity contribution in [2.75, 3.05) is 6.54 Å². The van der Waals surface area contributed by atoms with Crippen LogP contribution in [0.15, 0.2) is 47.4 Å². The molecule has 7 heteroatoms. The first kappa shape index (κ1) is 17.9. The standard InChI is InChI=1S/C18H16ClFN2O2S/c19-16-6-5-15(10-21)18(9-16)25(23,24)22(11-13-1-2-13)12-14-3-7-17(20)8-4-14/h3-9,13H,1-2,11-12H2. The zero-order valence-electron chi connectivity index (χ0n) is 13.3. The average molecular weight is 379 g/mol. The Bertz CT molecular complexity index is 919. The lowest BCUT2D eigenvalue weighted by Crippen LogP contribution is -2.33. The zero-order chi connectivity index (χ0) is 18.0. The van der Waals surface area contributed by atoms with E-state index in [1.165, 1.54) is 34.6 Å². The summed E-state index contributed by atoms with van der Waals surface area (Å²) in [4.78, 5) is -0.0924. The van der Waals surface area contributed by atoms with E-state index in [1.807, 2.05) is 6.07 Å². The maximum atomic E-state index is 13.1. The normalized spacial score (nSPS) is 14.5. The molecular weight excluding hydrogens is 363 g/mol. The smallest absolute Gasteiger partial charge is 0.207 e. The maximum Gasteiger partial charge on any atom is 0.244 e. The van der Waals surface area contributed by atoms with E-state index in [1.54, 1.807) is 12.1 Å². The number of nitrogens with zero attached hydrogens (tertiary/aromatic N) is 2. The SMILES string of the molecule is N#Cc1ccc(Cl)cc1S(=O)(=O)N(Cc1ccc(F)cc1)CC1CC1. The number of hydrogen-bond donors (Lipinski definition) is 0. The van der Waals surface area contributed by atoms with Gasteiger partial charge in [-0.3, -0.25) is 0 Å². The molecule has 0 saturated heterocycles. The van der Waals surface area contributed by atoms with Gasteiger partial charge in [0.05, 0.1) is 5.56 Å². The summed E-state index contributed by atoms with van der Waals surface area (Å²) in [7, 11) is -3.90. The van der Waals surface area contributed by atoms with Crippen molar-refractivity contribution in [1.29, 1.82) is 5.26 Å². The summed E-state index contributed by atoms with van der Waals surface area (Å²) < 4.78 is 40.7. The summed E-state index contributed by atoms with van der Waals surface area (Å²) in [6.45, 7) is 0.494. The summed E-state index contributed by atoms with van der Waals surface area (Å²) in [5.41, 5.74) is 0.746. The fourth-order valence-electron chi connectivity index (χ4n) is 2.57. The molecule has 1 aliphatic rings. The Morgan fingerprint density at radius 2 is 1.88 bits per heavy atom. The number of halogens is 2. The van der Waals surface area contributed by atoms with Crippen LogP contribution in [0.25, 0.3) is 0 Å². The first-order valence-electron chi connectivity index (χ1n) is 7.84. The van der Waals surface area contributed by atoms with Gasteiger partial charge in [-0.25, -0.2) is 12.8 Å². The molecule has 4 nitrogen and oxygen atoms in total. The van der Waals surface area contributed by atoms with Crippen molar-refractivity contribution in [3.8, 4) is 6.07 Å². The van der Waals surface area contributed by atoms with Gasteiger partial charge in [0, 0.05) is 18.1 Å². The first-order chi connectivity index (χ1) is 11.9. The van der Waals surface area contributed by atoms with Crippen LogP contribution in [0.5, 0.6) is 0 Å². The molecule has 0 bridgehead atoms. The van der Waals surface area contributed by atoms with Gasteiger partial charge in [-0.2, -0.15) is 9.57 Å². The minimum Gasteiger partial charge on any atom is -0.207 e. The number of nitriles is 1. The molecule has 0 spiro atoms. The van der Waals surface area contributed by atoms with E-state index in [9.17, 15) is 18.1 Å². The molecule has 0 unspecified atom stereocenters. The highest BCUT2D eigenvalue weighted by molar-refractivity contribution is 7.89. The second kappa shape index (κ2) is 7.12. The van der Waals surface area contributed by atoms with Crippen molar-refractivity contribution in [3.63, 3.8) is 0 Å². The van der Waals surface area contributed by atoms with E-state index in [-0.39, 0.29) is 27.8 Å². The number of benzene rings is 2. The second-order valence-corrected chi connectivity index (χ2v) is 8.46. The minimum absolute atomic E-state index is 0.0595. The molecule has 25 heavy (non-hydrogen) atoms. The Morgan fingerprint density at radius 1 is 1.20 bits per heavy atom. The average Bonchev–Trinajstić information content (AvgIpc) is 3.40. The number of hydrogen-bond acceptors (Lipinski definition) is 3. The molecule has 0 aromatic heterocycles. The van der Waals surface area contributed by atoms with Crippen LogP contribution < -0.4 is 0 Å². The van der Waals surface area contributed by atoms with Gasteiger partial charge >= 0.3 is 0 Å². The van der Waals surface area contributed by atoms with Gasteiger partial charge in [0.25, 0.3) is 0 Å². The highest BCUT2D eigenvalue weighted by Gasteiger charge is 2.33. The Balaban J connectivity index is 1.98. The Kier molecular flexibility index (Phi) is 5.09. The van der Waals surface area contributed by atoms with E-state index in [0.29, 0.717) is 18.0 Å². The predicted molar refractivity (Wildman–Crippen MR) is 92.9 cm³/mol. The zero-order valence-corrected chi connectivity index (χ0v) is 14.9. The predicted octanol–water partition coefficient (Wildman–Crippen LogP) is 3.95. The minimum atomic E-state index is -3.90. The fourth-order valence-corrected chi connectivity index (χ4v) is 4.48. The lowest BCUT2D eigenvalue weighted by molar-refractivity contribution is 0.391. The molecule has 1 saturated carbocycles. The Labute approximate surface area is 151 Å². The summed E-state index contributed by atoms with van der Waals surface area (Å²) in [6.07, 6.45) is 1.96.